The molecule has 7 heteroatoms. The zero-order valence-electron chi connectivity index (χ0n) is 13.2. The van der Waals surface area contributed by atoms with E-state index in [1.54, 1.807) is 29.3 Å². The Morgan fingerprint density at radius 1 is 1.21 bits per heavy atom. The number of benzene rings is 1. The number of amides is 1. The van der Waals surface area contributed by atoms with Crippen molar-refractivity contribution >= 4 is 5.91 Å². The highest BCUT2D eigenvalue weighted by molar-refractivity contribution is 5.96. The quantitative estimate of drug-likeness (QED) is 0.746. The van der Waals surface area contributed by atoms with Gasteiger partial charge in [-0.1, -0.05) is 24.3 Å². The van der Waals surface area contributed by atoms with Crippen LogP contribution in [-0.2, 0) is 13.1 Å². The molecule has 0 aliphatic rings. The standard InChI is InChI=1S/C17H17N5O2/c1-24-17-15(3-2-8-19-17)16(23)20-9-13-4-6-14(7-5-13)10-22-12-18-11-21-22/h2-8,11-12H,9-10H2,1H3,(H,20,23). The van der Waals surface area contributed by atoms with Crippen molar-refractivity contribution < 1.29 is 9.53 Å². The van der Waals surface area contributed by atoms with E-state index in [1.807, 2.05) is 24.3 Å². The molecule has 0 unspecified atom stereocenters. The Bertz CT molecular complexity index is 800. The molecule has 2 aromatic heterocycles. The minimum Gasteiger partial charge on any atom is -0.480 e. The van der Waals surface area contributed by atoms with Crippen molar-refractivity contribution in [2.75, 3.05) is 7.11 Å². The summed E-state index contributed by atoms with van der Waals surface area (Å²) in [6.07, 6.45) is 4.77. The van der Waals surface area contributed by atoms with Crippen LogP contribution in [0.15, 0.2) is 55.2 Å². The Labute approximate surface area is 139 Å². The van der Waals surface area contributed by atoms with Crippen molar-refractivity contribution in [1.82, 2.24) is 25.1 Å². The third kappa shape index (κ3) is 3.75. The number of ether oxygens (including phenoxy) is 1. The number of pyridine rings is 1. The van der Waals surface area contributed by atoms with E-state index in [4.69, 9.17) is 4.74 Å². The summed E-state index contributed by atoms with van der Waals surface area (Å²) in [7, 11) is 1.49. The summed E-state index contributed by atoms with van der Waals surface area (Å²) in [5.41, 5.74) is 2.54. The van der Waals surface area contributed by atoms with Gasteiger partial charge in [-0.2, -0.15) is 5.10 Å². The van der Waals surface area contributed by atoms with E-state index in [0.29, 0.717) is 24.5 Å². The maximum atomic E-state index is 12.2. The molecular formula is C17H17N5O2. The molecule has 2 heterocycles. The summed E-state index contributed by atoms with van der Waals surface area (Å²) in [6, 6.07) is 11.4. The van der Waals surface area contributed by atoms with Crippen molar-refractivity contribution in [3.8, 4) is 5.88 Å². The molecule has 0 fully saturated rings. The van der Waals surface area contributed by atoms with E-state index in [9.17, 15) is 4.79 Å². The minimum atomic E-state index is -0.216. The fraction of sp³-hybridized carbons (Fsp3) is 0.176. The molecule has 1 amide bonds. The molecular weight excluding hydrogens is 306 g/mol. The number of methoxy groups -OCH3 is 1. The van der Waals surface area contributed by atoms with Gasteiger partial charge in [0.15, 0.2) is 0 Å². The fourth-order valence-corrected chi connectivity index (χ4v) is 2.27. The van der Waals surface area contributed by atoms with Gasteiger partial charge in [0.25, 0.3) is 5.91 Å². The van der Waals surface area contributed by atoms with Crippen molar-refractivity contribution in [1.29, 1.82) is 0 Å². The van der Waals surface area contributed by atoms with E-state index in [-0.39, 0.29) is 5.91 Å². The predicted octanol–water partition coefficient (Wildman–Crippen LogP) is 1.66. The normalized spacial score (nSPS) is 10.4. The maximum absolute atomic E-state index is 12.2. The second-order valence-corrected chi connectivity index (χ2v) is 5.15. The first-order valence-corrected chi connectivity index (χ1v) is 7.43. The lowest BCUT2D eigenvalue weighted by Crippen LogP contribution is -2.23. The van der Waals surface area contributed by atoms with Gasteiger partial charge in [0.05, 0.1) is 13.7 Å². The van der Waals surface area contributed by atoms with Gasteiger partial charge in [-0.3, -0.25) is 4.79 Å². The molecule has 0 aliphatic heterocycles. The van der Waals surface area contributed by atoms with E-state index in [1.165, 1.54) is 13.4 Å². The number of carbonyl (C=O) groups is 1. The lowest BCUT2D eigenvalue weighted by molar-refractivity contribution is 0.0947. The summed E-state index contributed by atoms with van der Waals surface area (Å²) < 4.78 is 6.85. The molecule has 1 aromatic carbocycles. The van der Waals surface area contributed by atoms with E-state index >= 15 is 0 Å². The number of nitrogens with zero attached hydrogens (tertiary/aromatic N) is 4. The third-order valence-corrected chi connectivity index (χ3v) is 3.50. The van der Waals surface area contributed by atoms with Crippen molar-refractivity contribution in [3.63, 3.8) is 0 Å². The Morgan fingerprint density at radius 3 is 2.71 bits per heavy atom. The highest BCUT2D eigenvalue weighted by Crippen LogP contribution is 2.13. The minimum absolute atomic E-state index is 0.216. The van der Waals surface area contributed by atoms with Crippen LogP contribution in [0.5, 0.6) is 5.88 Å². The number of aromatic nitrogens is 4. The molecule has 122 valence electrons. The fourth-order valence-electron chi connectivity index (χ4n) is 2.27. The molecule has 3 aromatic rings. The highest BCUT2D eigenvalue weighted by Gasteiger charge is 2.12. The Balaban J connectivity index is 1.59. The van der Waals surface area contributed by atoms with Gasteiger partial charge in [-0.05, 0) is 23.3 Å². The summed E-state index contributed by atoms with van der Waals surface area (Å²) in [5, 5.41) is 6.94. The molecule has 0 atom stereocenters. The molecule has 0 saturated heterocycles. The molecule has 7 nitrogen and oxygen atoms in total. The van der Waals surface area contributed by atoms with Crippen LogP contribution in [0.1, 0.15) is 21.5 Å². The van der Waals surface area contributed by atoms with Gasteiger partial charge in [0.1, 0.15) is 18.2 Å². The van der Waals surface area contributed by atoms with Crippen LogP contribution in [-0.4, -0.2) is 32.8 Å². The van der Waals surface area contributed by atoms with E-state index < -0.39 is 0 Å². The van der Waals surface area contributed by atoms with Crippen LogP contribution in [0, 0.1) is 0 Å². The van der Waals surface area contributed by atoms with Crippen LogP contribution in [0.2, 0.25) is 0 Å². The zero-order valence-corrected chi connectivity index (χ0v) is 13.2. The number of carbonyl (C=O) groups excluding carboxylic acids is 1. The lowest BCUT2D eigenvalue weighted by atomic mass is 10.1. The first-order chi connectivity index (χ1) is 11.8. The number of nitrogens with one attached hydrogen (secondary N) is 1. The van der Waals surface area contributed by atoms with Crippen LogP contribution in [0.25, 0.3) is 0 Å². The molecule has 0 radical (unpaired) electrons. The van der Waals surface area contributed by atoms with Crippen LogP contribution < -0.4 is 10.1 Å². The first-order valence-electron chi connectivity index (χ1n) is 7.43. The molecule has 24 heavy (non-hydrogen) atoms. The number of hydrogen-bond donors (Lipinski definition) is 1. The van der Waals surface area contributed by atoms with Crippen LogP contribution in [0.3, 0.4) is 0 Å². The van der Waals surface area contributed by atoms with E-state index in [0.717, 1.165) is 11.1 Å². The summed E-state index contributed by atoms with van der Waals surface area (Å²) in [6.45, 7) is 1.10. The molecule has 3 rings (SSSR count). The number of rotatable bonds is 6. The summed E-state index contributed by atoms with van der Waals surface area (Å²) >= 11 is 0. The topological polar surface area (TPSA) is 81.9 Å². The van der Waals surface area contributed by atoms with Crippen molar-refractivity contribution in [2.24, 2.45) is 0 Å². The average Bonchev–Trinajstić information content (AvgIpc) is 3.14. The molecule has 0 spiro atoms. The van der Waals surface area contributed by atoms with Crippen molar-refractivity contribution in [3.05, 3.63) is 71.9 Å². The van der Waals surface area contributed by atoms with Gasteiger partial charge in [-0.25, -0.2) is 14.6 Å². The highest BCUT2D eigenvalue weighted by atomic mass is 16.5. The van der Waals surface area contributed by atoms with Gasteiger partial charge < -0.3 is 10.1 Å². The third-order valence-electron chi connectivity index (χ3n) is 3.50. The van der Waals surface area contributed by atoms with Gasteiger partial charge >= 0.3 is 0 Å². The molecule has 0 bridgehead atoms. The summed E-state index contributed by atoms with van der Waals surface area (Å²) in [4.78, 5) is 20.2. The Hall–Kier alpha value is -3.22. The smallest absolute Gasteiger partial charge is 0.257 e. The largest absolute Gasteiger partial charge is 0.480 e. The second-order valence-electron chi connectivity index (χ2n) is 5.15. The lowest BCUT2D eigenvalue weighted by Gasteiger charge is -2.09. The van der Waals surface area contributed by atoms with Crippen molar-refractivity contribution in [2.45, 2.75) is 13.1 Å². The maximum Gasteiger partial charge on any atom is 0.257 e. The van der Waals surface area contributed by atoms with Gasteiger partial charge in [-0.15, -0.1) is 0 Å². The average molecular weight is 323 g/mol. The van der Waals surface area contributed by atoms with E-state index in [2.05, 4.69) is 20.4 Å². The first kappa shape index (κ1) is 15.7. The number of hydrogen-bond acceptors (Lipinski definition) is 5. The zero-order chi connectivity index (χ0) is 16.8. The SMILES string of the molecule is COc1ncccc1C(=O)NCc1ccc(Cn2cncn2)cc1. The Kier molecular flexibility index (Phi) is 4.81. The molecule has 1 N–H and O–H groups in total. The summed E-state index contributed by atoms with van der Waals surface area (Å²) in [5.74, 6) is 0.102. The van der Waals surface area contributed by atoms with Gasteiger partial charge in [0.2, 0.25) is 5.88 Å². The Morgan fingerprint density at radius 2 is 2.00 bits per heavy atom. The van der Waals surface area contributed by atoms with Gasteiger partial charge in [0, 0.05) is 12.7 Å². The van der Waals surface area contributed by atoms with Crippen LogP contribution >= 0.6 is 0 Å². The molecule has 0 saturated carbocycles. The molecule has 0 aliphatic carbocycles. The monoisotopic (exact) mass is 323 g/mol. The van der Waals surface area contributed by atoms with Crippen LogP contribution in [0.4, 0.5) is 0 Å². The predicted molar refractivity (Wildman–Crippen MR) is 87.5 cm³/mol. The second kappa shape index (κ2) is 7.36.